The lowest BCUT2D eigenvalue weighted by Crippen LogP contribution is -2.57. The molecule has 6 rings (SSSR count). The van der Waals surface area contributed by atoms with Crippen LogP contribution in [0, 0.1) is 35.0 Å². The summed E-state index contributed by atoms with van der Waals surface area (Å²) in [4.78, 5) is 23.5. The SMILES string of the molecule is COC(=O)C(=Cc1c(F)ccc(F)c1F)C(=O)OC.CS(=O)(=O)CC[C@@H]1OCC[C@@]2(S(=O)(=O)c3ccc(Br)cc3)c3c(F)ccc(F)c3OC[C@@H]12.Sc1ccc(Br)cc1. The number of thiol groups is 1. The van der Waals surface area contributed by atoms with Crippen LogP contribution in [0.2, 0.25) is 0 Å². The molecule has 0 N–H and O–H groups in total. The Morgan fingerprint density at radius 3 is 1.88 bits per heavy atom. The third-order valence-corrected chi connectivity index (χ3v) is 14.0. The van der Waals surface area contributed by atoms with Gasteiger partial charge in [0.2, 0.25) is 0 Å². The molecule has 0 bridgehead atoms. The minimum atomic E-state index is -4.28. The molecule has 0 aliphatic carbocycles. The van der Waals surface area contributed by atoms with Gasteiger partial charge in [-0.1, -0.05) is 31.9 Å². The van der Waals surface area contributed by atoms with Crippen LogP contribution in [0.1, 0.15) is 24.0 Å². The molecular formula is C39H35Br2F5O10S3. The van der Waals surface area contributed by atoms with Crippen LogP contribution in [0.4, 0.5) is 22.0 Å². The number of methoxy groups -OCH3 is 2. The standard InChI is InChI=1S/C21H21BrF2O6S2.C12H9F3O4.C6H5BrS/c1-31(25,26)11-8-18-15-12-30-20-17(24)7-6-16(23)19(20)21(15,9-10-29-18)32(27,28)14-4-2-13(22)3-5-14;1-18-11(16)7(12(17)19-2)5-6-8(13)3-4-9(14)10(6)15;7-5-1-3-6(8)4-2-5/h2-7,15,18H,8-12H2,1H3;3-5H,1-2H3;1-4,8H/t15-,18-,21-;;/m0../s1. The van der Waals surface area contributed by atoms with Crippen molar-refractivity contribution in [1.29, 1.82) is 0 Å². The molecule has 0 amide bonds. The molecule has 3 atom stereocenters. The van der Waals surface area contributed by atoms with Gasteiger partial charge in [0.1, 0.15) is 31.8 Å². The molecule has 0 aromatic heterocycles. The zero-order valence-electron chi connectivity index (χ0n) is 31.2. The Balaban J connectivity index is 0.000000239. The van der Waals surface area contributed by atoms with Crippen molar-refractivity contribution in [3.05, 3.63) is 128 Å². The summed E-state index contributed by atoms with van der Waals surface area (Å²) in [6.07, 6.45) is 0.660. The van der Waals surface area contributed by atoms with Gasteiger partial charge in [0.05, 0.1) is 48.7 Å². The molecule has 59 heavy (non-hydrogen) atoms. The van der Waals surface area contributed by atoms with Gasteiger partial charge in [0.25, 0.3) is 0 Å². The van der Waals surface area contributed by atoms with Crippen LogP contribution in [0.5, 0.6) is 5.75 Å². The van der Waals surface area contributed by atoms with Gasteiger partial charge in [0.15, 0.2) is 33.0 Å². The highest BCUT2D eigenvalue weighted by molar-refractivity contribution is 9.10. The molecule has 1 fully saturated rings. The fourth-order valence-corrected chi connectivity index (χ4v) is 10.0. The molecule has 0 spiro atoms. The third kappa shape index (κ3) is 11.1. The van der Waals surface area contributed by atoms with Crippen molar-refractivity contribution in [2.75, 3.05) is 39.4 Å². The van der Waals surface area contributed by atoms with Crippen molar-refractivity contribution in [1.82, 2.24) is 0 Å². The molecular weight excluding hydrogens is 979 g/mol. The van der Waals surface area contributed by atoms with Crippen LogP contribution < -0.4 is 4.74 Å². The number of hydrogen-bond donors (Lipinski definition) is 1. The van der Waals surface area contributed by atoms with Crippen molar-refractivity contribution in [3.8, 4) is 5.75 Å². The molecule has 318 valence electrons. The van der Waals surface area contributed by atoms with Crippen molar-refractivity contribution < 1.29 is 67.3 Å². The molecule has 0 saturated carbocycles. The number of esters is 2. The van der Waals surface area contributed by atoms with E-state index in [4.69, 9.17) is 9.47 Å². The summed E-state index contributed by atoms with van der Waals surface area (Å²) >= 11 is 10.7. The summed E-state index contributed by atoms with van der Waals surface area (Å²) in [5.41, 5.74) is -1.98. The van der Waals surface area contributed by atoms with Gasteiger partial charge in [-0.3, -0.25) is 0 Å². The zero-order chi connectivity index (χ0) is 43.9. The predicted molar refractivity (Wildman–Crippen MR) is 217 cm³/mol. The smallest absolute Gasteiger partial charge is 0.345 e. The normalized spacial score (nSPS) is 18.2. The second-order valence-electron chi connectivity index (χ2n) is 12.8. The van der Waals surface area contributed by atoms with Gasteiger partial charge in [-0.25, -0.2) is 48.4 Å². The Morgan fingerprint density at radius 1 is 0.814 bits per heavy atom. The number of hydrogen-bond acceptors (Lipinski definition) is 11. The Morgan fingerprint density at radius 2 is 1.34 bits per heavy atom. The number of carbonyl (C=O) groups is 2. The fourth-order valence-electron chi connectivity index (χ4n) is 6.35. The fraction of sp³-hybridized carbons (Fsp3) is 0.282. The molecule has 0 unspecified atom stereocenters. The van der Waals surface area contributed by atoms with Gasteiger partial charge in [-0.2, -0.15) is 0 Å². The number of fused-ring (bicyclic) bond motifs is 3. The average Bonchev–Trinajstić information content (AvgIpc) is 3.20. The molecule has 4 aromatic carbocycles. The second kappa shape index (κ2) is 20.2. The van der Waals surface area contributed by atoms with Crippen LogP contribution in [0.25, 0.3) is 6.08 Å². The van der Waals surface area contributed by atoms with E-state index in [1.807, 2.05) is 24.3 Å². The Bertz CT molecular complexity index is 2400. The topological polar surface area (TPSA) is 139 Å². The van der Waals surface area contributed by atoms with E-state index in [1.54, 1.807) is 12.1 Å². The van der Waals surface area contributed by atoms with Crippen LogP contribution in [-0.4, -0.2) is 74.3 Å². The van der Waals surface area contributed by atoms with Crippen LogP contribution in [-0.2, 0) is 48.2 Å². The summed E-state index contributed by atoms with van der Waals surface area (Å²) in [5, 5.41) is 0. The van der Waals surface area contributed by atoms with Crippen molar-refractivity contribution in [2.45, 2.75) is 33.5 Å². The predicted octanol–water partition coefficient (Wildman–Crippen LogP) is 8.20. The van der Waals surface area contributed by atoms with Crippen LogP contribution in [0.3, 0.4) is 0 Å². The number of benzene rings is 4. The summed E-state index contributed by atoms with van der Waals surface area (Å²) in [6, 6.07) is 16.7. The average molecular weight is 1010 g/mol. The summed E-state index contributed by atoms with van der Waals surface area (Å²) in [7, 11) is -5.70. The van der Waals surface area contributed by atoms with Crippen molar-refractivity contribution >= 4 is 82.2 Å². The third-order valence-electron chi connectivity index (χ3n) is 9.12. The van der Waals surface area contributed by atoms with Crippen LogP contribution in [0.15, 0.2) is 97.1 Å². The van der Waals surface area contributed by atoms with E-state index in [0.717, 1.165) is 42.0 Å². The van der Waals surface area contributed by atoms with E-state index in [2.05, 4.69) is 54.0 Å². The maximum atomic E-state index is 15.2. The lowest BCUT2D eigenvalue weighted by Gasteiger charge is -2.50. The summed E-state index contributed by atoms with van der Waals surface area (Å²) in [6.45, 7) is -0.312. The highest BCUT2D eigenvalue weighted by Crippen LogP contribution is 2.56. The highest BCUT2D eigenvalue weighted by Gasteiger charge is 2.61. The largest absolute Gasteiger partial charge is 0.490 e. The van der Waals surface area contributed by atoms with E-state index in [0.29, 0.717) is 22.7 Å². The van der Waals surface area contributed by atoms with E-state index in [9.17, 15) is 44.0 Å². The minimum Gasteiger partial charge on any atom is -0.490 e. The van der Waals surface area contributed by atoms with Gasteiger partial charge in [-0.15, -0.1) is 12.6 Å². The molecule has 4 aromatic rings. The van der Waals surface area contributed by atoms with Crippen LogP contribution >= 0.6 is 44.5 Å². The Kier molecular flexibility index (Phi) is 16.4. The number of halogens is 7. The maximum absolute atomic E-state index is 15.2. The van der Waals surface area contributed by atoms with Crippen molar-refractivity contribution in [3.63, 3.8) is 0 Å². The molecule has 2 heterocycles. The first-order valence-electron chi connectivity index (χ1n) is 17.1. The van der Waals surface area contributed by atoms with Gasteiger partial charge >= 0.3 is 11.9 Å². The molecule has 2 aliphatic rings. The molecule has 2 aliphatic heterocycles. The molecule has 20 heteroatoms. The van der Waals surface area contributed by atoms with Gasteiger partial charge < -0.3 is 18.9 Å². The van der Waals surface area contributed by atoms with Crippen molar-refractivity contribution in [2.24, 2.45) is 5.92 Å². The quantitative estimate of drug-likeness (QED) is 0.0350. The highest BCUT2D eigenvalue weighted by atomic mass is 79.9. The lowest BCUT2D eigenvalue weighted by atomic mass is 9.75. The number of carbonyl (C=O) groups excluding carboxylic acids is 2. The maximum Gasteiger partial charge on any atom is 0.345 e. The Labute approximate surface area is 359 Å². The molecule has 0 radical (unpaired) electrons. The van der Waals surface area contributed by atoms with E-state index >= 15 is 4.39 Å². The lowest BCUT2D eigenvalue weighted by molar-refractivity contribution is -0.143. The molecule has 1 saturated heterocycles. The van der Waals surface area contributed by atoms with Gasteiger partial charge in [-0.05, 0) is 91.7 Å². The monoisotopic (exact) mass is 1010 g/mol. The number of sulfone groups is 2. The number of ether oxygens (including phenoxy) is 4. The Hall–Kier alpha value is -3.82. The summed E-state index contributed by atoms with van der Waals surface area (Å²) in [5.74, 6) is -9.64. The minimum absolute atomic E-state index is 0.0107. The first kappa shape index (κ1) is 47.9. The zero-order valence-corrected chi connectivity index (χ0v) is 36.9. The second-order valence-corrected chi connectivity index (χ2v) is 19.7. The summed E-state index contributed by atoms with van der Waals surface area (Å²) < 4.78 is 141. The first-order valence-corrected chi connectivity index (χ1v) is 22.6. The van der Waals surface area contributed by atoms with E-state index in [1.165, 1.54) is 12.1 Å². The van der Waals surface area contributed by atoms with Gasteiger partial charge in [0, 0.05) is 32.6 Å². The number of rotatable bonds is 8. The first-order chi connectivity index (χ1) is 27.7. The van der Waals surface area contributed by atoms with E-state index in [-0.39, 0.29) is 42.3 Å². The molecule has 10 nitrogen and oxygen atoms in total. The van der Waals surface area contributed by atoms with E-state index < -0.39 is 94.4 Å².